The molecule has 0 radical (unpaired) electrons. The van der Waals surface area contributed by atoms with E-state index in [1.165, 1.54) is 0 Å². The van der Waals surface area contributed by atoms with Crippen molar-refractivity contribution in [3.05, 3.63) is 36.0 Å². The molecule has 3 aromatic rings. The van der Waals surface area contributed by atoms with Gasteiger partial charge in [0.15, 0.2) is 0 Å². The second kappa shape index (κ2) is 6.20. The maximum absolute atomic E-state index is 12.7. The number of hydrogen-bond donors (Lipinski definition) is 1. The zero-order valence-electron chi connectivity index (χ0n) is 13.3. The molecular formula is C16H18N6OS. The number of carbonyl (C=O) groups is 1. The first-order valence-electron chi connectivity index (χ1n) is 7.92. The third-order valence-electron chi connectivity index (χ3n) is 4.27. The molecule has 8 heteroatoms. The Balaban J connectivity index is 1.52. The molecule has 3 aromatic heterocycles. The molecule has 1 amide bonds. The van der Waals surface area contributed by atoms with E-state index >= 15 is 0 Å². The van der Waals surface area contributed by atoms with Crippen LogP contribution in [-0.4, -0.2) is 38.0 Å². The van der Waals surface area contributed by atoms with Crippen molar-refractivity contribution in [3.8, 4) is 0 Å². The summed E-state index contributed by atoms with van der Waals surface area (Å²) in [6.07, 6.45) is 7.04. The molecule has 1 unspecified atom stereocenters. The van der Waals surface area contributed by atoms with E-state index in [4.69, 9.17) is 0 Å². The molecule has 1 aliphatic rings. The van der Waals surface area contributed by atoms with Gasteiger partial charge in [-0.2, -0.15) is 0 Å². The summed E-state index contributed by atoms with van der Waals surface area (Å²) < 4.78 is 1.87. The summed E-state index contributed by atoms with van der Waals surface area (Å²) in [5, 5.41) is 6.03. The van der Waals surface area contributed by atoms with Gasteiger partial charge >= 0.3 is 0 Å². The Labute approximate surface area is 143 Å². The molecule has 0 spiro atoms. The summed E-state index contributed by atoms with van der Waals surface area (Å²) in [7, 11) is 1.91. The number of amides is 1. The number of hydrogen-bond acceptors (Lipinski definition) is 6. The fourth-order valence-corrected chi connectivity index (χ4v) is 3.88. The van der Waals surface area contributed by atoms with E-state index in [9.17, 15) is 4.79 Å². The Morgan fingerprint density at radius 2 is 2.33 bits per heavy atom. The Morgan fingerprint density at radius 3 is 3.17 bits per heavy atom. The molecule has 1 saturated heterocycles. The summed E-state index contributed by atoms with van der Waals surface area (Å²) >= 11 is 1.59. The number of anilines is 1. The number of nitrogens with zero attached hydrogens (tertiary/aromatic N) is 5. The summed E-state index contributed by atoms with van der Waals surface area (Å²) in [5.41, 5.74) is 0.859. The van der Waals surface area contributed by atoms with Crippen molar-refractivity contribution < 1.29 is 4.79 Å². The van der Waals surface area contributed by atoms with Gasteiger partial charge in [0.1, 0.15) is 23.0 Å². The highest BCUT2D eigenvalue weighted by Crippen LogP contribution is 2.31. The molecule has 0 aromatic carbocycles. The summed E-state index contributed by atoms with van der Waals surface area (Å²) in [6.45, 7) is 1.28. The Hall–Kier alpha value is -2.48. The van der Waals surface area contributed by atoms with Gasteiger partial charge in [-0.3, -0.25) is 4.79 Å². The molecule has 24 heavy (non-hydrogen) atoms. The van der Waals surface area contributed by atoms with Crippen LogP contribution in [0.1, 0.15) is 18.5 Å². The van der Waals surface area contributed by atoms with Crippen molar-refractivity contribution in [2.75, 3.05) is 11.4 Å². The fraction of sp³-hybridized carbons (Fsp3) is 0.375. The lowest BCUT2D eigenvalue weighted by atomic mass is 10.2. The first kappa shape index (κ1) is 15.1. The zero-order valence-corrected chi connectivity index (χ0v) is 14.2. The number of rotatable bonds is 4. The molecule has 7 nitrogen and oxygen atoms in total. The second-order valence-corrected chi connectivity index (χ2v) is 6.83. The van der Waals surface area contributed by atoms with Crippen molar-refractivity contribution in [3.63, 3.8) is 0 Å². The van der Waals surface area contributed by atoms with Gasteiger partial charge in [0, 0.05) is 19.8 Å². The highest BCUT2D eigenvalue weighted by atomic mass is 32.1. The minimum absolute atomic E-state index is 0.0279. The molecule has 1 fully saturated rings. The van der Waals surface area contributed by atoms with Gasteiger partial charge in [0.25, 0.3) is 0 Å². The average molecular weight is 342 g/mol. The maximum Gasteiger partial charge on any atom is 0.243 e. The number of aryl methyl sites for hydroxylation is 1. The Kier molecular flexibility index (Phi) is 3.89. The van der Waals surface area contributed by atoms with Crippen LogP contribution in [0.2, 0.25) is 0 Å². The average Bonchev–Trinajstić information content (AvgIpc) is 3.32. The first-order valence-corrected chi connectivity index (χ1v) is 8.80. The van der Waals surface area contributed by atoms with E-state index in [1.807, 2.05) is 29.3 Å². The van der Waals surface area contributed by atoms with Crippen LogP contribution in [0.4, 0.5) is 5.82 Å². The highest BCUT2D eigenvalue weighted by Gasteiger charge is 2.32. The van der Waals surface area contributed by atoms with Gasteiger partial charge in [-0.1, -0.05) is 0 Å². The number of fused-ring (bicyclic) bond motifs is 1. The van der Waals surface area contributed by atoms with E-state index in [-0.39, 0.29) is 11.9 Å². The van der Waals surface area contributed by atoms with E-state index in [2.05, 4.69) is 25.2 Å². The van der Waals surface area contributed by atoms with Gasteiger partial charge < -0.3 is 14.8 Å². The molecule has 1 aliphatic heterocycles. The van der Waals surface area contributed by atoms with Crippen LogP contribution in [0.5, 0.6) is 0 Å². The lowest BCUT2D eigenvalue weighted by Gasteiger charge is -2.25. The number of thiophene rings is 1. The van der Waals surface area contributed by atoms with E-state index in [1.54, 1.807) is 24.0 Å². The SMILES string of the molecule is Cn1cnc(CNC(=O)C2CCCN2c2ncnc3sccc23)c1. The summed E-state index contributed by atoms with van der Waals surface area (Å²) in [5.74, 6) is 0.886. The van der Waals surface area contributed by atoms with Crippen molar-refractivity contribution in [2.24, 2.45) is 7.05 Å². The van der Waals surface area contributed by atoms with Gasteiger partial charge in [-0.25, -0.2) is 15.0 Å². The summed E-state index contributed by atoms with van der Waals surface area (Å²) in [4.78, 5) is 28.7. The third-order valence-corrected chi connectivity index (χ3v) is 5.09. The van der Waals surface area contributed by atoms with E-state index < -0.39 is 0 Å². The van der Waals surface area contributed by atoms with Crippen LogP contribution >= 0.6 is 11.3 Å². The Morgan fingerprint density at radius 1 is 1.42 bits per heavy atom. The number of nitrogens with one attached hydrogen (secondary N) is 1. The largest absolute Gasteiger partial charge is 0.349 e. The molecule has 0 saturated carbocycles. The number of aromatic nitrogens is 4. The molecule has 4 heterocycles. The molecule has 1 atom stereocenters. The Bertz CT molecular complexity index is 872. The minimum atomic E-state index is -0.188. The highest BCUT2D eigenvalue weighted by molar-refractivity contribution is 7.16. The molecule has 0 bridgehead atoms. The lowest BCUT2D eigenvalue weighted by Crippen LogP contribution is -2.43. The van der Waals surface area contributed by atoms with E-state index in [0.29, 0.717) is 6.54 Å². The first-order chi connectivity index (χ1) is 11.7. The lowest BCUT2D eigenvalue weighted by molar-refractivity contribution is -0.122. The standard InChI is InChI=1S/C16H18N6OS/c1-21-8-11(20-10-21)7-17-15(23)13-3-2-5-22(13)14-12-4-6-24-16(12)19-9-18-14/h4,6,8-10,13H,2-3,5,7H2,1H3,(H,17,23). The maximum atomic E-state index is 12.7. The van der Waals surface area contributed by atoms with Crippen molar-refractivity contribution in [1.82, 2.24) is 24.8 Å². The predicted octanol–water partition coefficient (Wildman–Crippen LogP) is 1.71. The molecule has 0 aliphatic carbocycles. The molecular weight excluding hydrogens is 324 g/mol. The fourth-order valence-electron chi connectivity index (χ4n) is 3.15. The predicted molar refractivity (Wildman–Crippen MR) is 92.8 cm³/mol. The minimum Gasteiger partial charge on any atom is -0.349 e. The van der Waals surface area contributed by atoms with Crippen molar-refractivity contribution >= 4 is 33.3 Å². The molecule has 4 rings (SSSR count). The van der Waals surface area contributed by atoms with Crippen LogP contribution < -0.4 is 10.2 Å². The topological polar surface area (TPSA) is 75.9 Å². The second-order valence-electron chi connectivity index (χ2n) is 5.94. The smallest absolute Gasteiger partial charge is 0.243 e. The van der Waals surface area contributed by atoms with E-state index in [0.717, 1.165) is 41.1 Å². The zero-order chi connectivity index (χ0) is 16.5. The van der Waals surface area contributed by atoms with Crippen molar-refractivity contribution in [1.29, 1.82) is 0 Å². The monoisotopic (exact) mass is 342 g/mol. The third kappa shape index (κ3) is 2.73. The quantitative estimate of drug-likeness (QED) is 0.781. The van der Waals surface area contributed by atoms with Crippen LogP contribution in [0.3, 0.4) is 0 Å². The number of carbonyl (C=O) groups excluding carboxylic acids is 1. The molecule has 124 valence electrons. The van der Waals surface area contributed by atoms with Crippen LogP contribution in [0, 0.1) is 0 Å². The van der Waals surface area contributed by atoms with Crippen LogP contribution in [0.15, 0.2) is 30.3 Å². The summed E-state index contributed by atoms with van der Waals surface area (Å²) in [6, 6.07) is 1.84. The normalized spacial score (nSPS) is 17.5. The van der Waals surface area contributed by atoms with Gasteiger partial charge in [-0.05, 0) is 24.3 Å². The van der Waals surface area contributed by atoms with Crippen molar-refractivity contribution in [2.45, 2.75) is 25.4 Å². The number of imidazole rings is 1. The van der Waals surface area contributed by atoms with Crippen LogP contribution in [-0.2, 0) is 18.4 Å². The van der Waals surface area contributed by atoms with Crippen LogP contribution in [0.25, 0.3) is 10.2 Å². The van der Waals surface area contributed by atoms with Gasteiger partial charge in [-0.15, -0.1) is 11.3 Å². The van der Waals surface area contributed by atoms with Gasteiger partial charge in [0.2, 0.25) is 5.91 Å². The van der Waals surface area contributed by atoms with Gasteiger partial charge in [0.05, 0.1) is 24.0 Å². The molecule has 1 N–H and O–H groups in total.